The quantitative estimate of drug-likeness (QED) is 0.0979. The van der Waals surface area contributed by atoms with Crippen molar-refractivity contribution in [1.82, 2.24) is 0 Å². The minimum absolute atomic E-state index is 0.413. The molecule has 8 rings (SSSR count). The first-order chi connectivity index (χ1) is 29.8. The molecule has 0 heterocycles. The van der Waals surface area contributed by atoms with Gasteiger partial charge in [-0.05, 0) is 80.9 Å². The van der Waals surface area contributed by atoms with Gasteiger partial charge in [-0.2, -0.15) is 0 Å². The molecule has 0 fully saturated rings. The Bertz CT molecular complexity index is 2320. The third-order valence-electron chi connectivity index (χ3n) is 10.2. The van der Waals surface area contributed by atoms with Crippen molar-refractivity contribution >= 4 is 43.5 Å². The minimum Gasteiger partial charge on any atom is -0.497 e. The molecular weight excluding hydrogens is 908 g/mol. The Morgan fingerprint density at radius 3 is 1.03 bits per heavy atom. The number of halogens is 3. The Hall–Kier alpha value is -5.47. The molecule has 0 aliphatic rings. The molecule has 8 aromatic carbocycles. The van der Waals surface area contributed by atoms with Crippen molar-refractivity contribution < 1.29 is 19.3 Å². The van der Waals surface area contributed by atoms with E-state index in [0.717, 1.165) is 65.0 Å². The van der Waals surface area contributed by atoms with Gasteiger partial charge in [0.2, 0.25) is 0 Å². The SMILES string of the molecule is COc1ccc(Br)c(CCl)c1.COc1ccc(Br)c(COC(c2ccccc2)(c2ccccc2)c2ccccc2)c1.OC(c1ccccc1)(c1ccccc1)c1ccccc1. The van der Waals surface area contributed by atoms with E-state index in [1.54, 1.807) is 14.2 Å². The molecule has 0 radical (unpaired) electrons. The van der Waals surface area contributed by atoms with Crippen molar-refractivity contribution in [2.45, 2.75) is 23.7 Å². The summed E-state index contributed by atoms with van der Waals surface area (Å²) >= 11 is 12.7. The first-order valence-electron chi connectivity index (χ1n) is 19.7. The first-order valence-corrected chi connectivity index (χ1v) is 21.9. The van der Waals surface area contributed by atoms with Crippen molar-refractivity contribution in [3.05, 3.63) is 272 Å². The third-order valence-corrected chi connectivity index (χ3v) is 12.0. The minimum atomic E-state index is -1.12. The number of rotatable bonds is 12. The monoisotopic (exact) mass is 952 g/mol. The molecule has 1 N–H and O–H groups in total. The van der Waals surface area contributed by atoms with E-state index in [0.29, 0.717) is 12.5 Å². The fraction of sp³-hybridized carbons (Fsp3) is 0.111. The second-order valence-corrected chi connectivity index (χ2v) is 15.9. The lowest BCUT2D eigenvalue weighted by Crippen LogP contribution is -2.32. The number of methoxy groups -OCH3 is 2. The van der Waals surface area contributed by atoms with Crippen molar-refractivity contribution in [2.24, 2.45) is 0 Å². The summed E-state index contributed by atoms with van der Waals surface area (Å²) in [7, 11) is 3.32. The Morgan fingerprint density at radius 2 is 0.721 bits per heavy atom. The van der Waals surface area contributed by atoms with Gasteiger partial charge < -0.3 is 19.3 Å². The van der Waals surface area contributed by atoms with Crippen LogP contribution in [0, 0.1) is 0 Å². The molecule has 61 heavy (non-hydrogen) atoms. The number of hydrogen-bond donors (Lipinski definition) is 1. The molecule has 0 saturated heterocycles. The number of ether oxygens (including phenoxy) is 3. The Labute approximate surface area is 381 Å². The summed E-state index contributed by atoms with van der Waals surface area (Å²) in [5.41, 5.74) is 6.08. The molecule has 8 aromatic rings. The lowest BCUT2D eigenvalue weighted by atomic mass is 9.80. The lowest BCUT2D eigenvalue weighted by molar-refractivity contribution is -0.0000938. The number of alkyl halides is 1. The van der Waals surface area contributed by atoms with Gasteiger partial charge in [0.25, 0.3) is 0 Å². The molecule has 0 saturated carbocycles. The highest BCUT2D eigenvalue weighted by atomic mass is 79.9. The van der Waals surface area contributed by atoms with E-state index in [1.807, 2.05) is 146 Å². The van der Waals surface area contributed by atoms with Crippen LogP contribution in [0.2, 0.25) is 0 Å². The Balaban J connectivity index is 0.000000172. The molecule has 308 valence electrons. The molecule has 0 aliphatic heterocycles. The van der Waals surface area contributed by atoms with Gasteiger partial charge in [0.15, 0.2) is 0 Å². The lowest BCUT2D eigenvalue weighted by Gasteiger charge is -2.36. The van der Waals surface area contributed by atoms with Crippen LogP contribution in [0.4, 0.5) is 0 Å². The zero-order valence-electron chi connectivity index (χ0n) is 34.0. The van der Waals surface area contributed by atoms with Crippen molar-refractivity contribution in [2.75, 3.05) is 14.2 Å². The fourth-order valence-corrected chi connectivity index (χ4v) is 8.19. The van der Waals surface area contributed by atoms with Gasteiger partial charge in [-0.25, -0.2) is 0 Å². The highest BCUT2D eigenvalue weighted by molar-refractivity contribution is 9.10. The summed E-state index contributed by atoms with van der Waals surface area (Å²) in [4.78, 5) is 0. The maximum Gasteiger partial charge on any atom is 0.144 e. The third kappa shape index (κ3) is 11.1. The van der Waals surface area contributed by atoms with Gasteiger partial charge in [0, 0.05) is 14.8 Å². The predicted octanol–water partition coefficient (Wildman–Crippen LogP) is 14.1. The van der Waals surface area contributed by atoms with Crippen molar-refractivity contribution in [1.29, 1.82) is 0 Å². The van der Waals surface area contributed by atoms with Crippen LogP contribution in [0.1, 0.15) is 44.5 Å². The van der Waals surface area contributed by atoms with E-state index in [1.165, 1.54) is 0 Å². The average molecular weight is 955 g/mol. The summed E-state index contributed by atoms with van der Waals surface area (Å²) in [6.45, 7) is 0.413. The van der Waals surface area contributed by atoms with Gasteiger partial charge in [-0.3, -0.25) is 0 Å². The Kier molecular flexibility index (Phi) is 16.5. The van der Waals surface area contributed by atoms with Crippen LogP contribution in [0.25, 0.3) is 0 Å². The second kappa shape index (κ2) is 22.4. The van der Waals surface area contributed by atoms with Crippen molar-refractivity contribution in [3.63, 3.8) is 0 Å². The molecule has 0 aliphatic carbocycles. The van der Waals surface area contributed by atoms with Gasteiger partial charge >= 0.3 is 0 Å². The van der Waals surface area contributed by atoms with Crippen molar-refractivity contribution in [3.8, 4) is 11.5 Å². The standard InChI is InChI=1S/C27H23BrO2.C19H16O.C8H8BrClO/c1-29-25-17-18-26(28)21(19-25)20-30-27(22-11-5-2-6-12-22,23-13-7-3-8-14-23)24-15-9-4-10-16-24;20-19(16-10-4-1-5-11-16,17-12-6-2-7-13-17)18-14-8-3-9-15-18;1-11-7-2-3-8(9)6(4-7)5-10/h2-19H,20H2,1H3;1-15,20H;2-4H,5H2,1H3. The molecule has 7 heteroatoms. The largest absolute Gasteiger partial charge is 0.497 e. The highest BCUT2D eigenvalue weighted by Crippen LogP contribution is 2.42. The zero-order chi connectivity index (χ0) is 42.9. The number of hydrogen-bond acceptors (Lipinski definition) is 4. The van der Waals surface area contributed by atoms with Crippen LogP contribution >= 0.6 is 43.5 Å². The van der Waals surface area contributed by atoms with Gasteiger partial charge in [-0.15, -0.1) is 11.6 Å². The van der Waals surface area contributed by atoms with Crippen LogP contribution in [0.3, 0.4) is 0 Å². The summed E-state index contributed by atoms with van der Waals surface area (Å²) in [6, 6.07) is 72.2. The Morgan fingerprint density at radius 1 is 0.426 bits per heavy atom. The van der Waals surface area contributed by atoms with Crippen LogP contribution in [-0.2, 0) is 28.4 Å². The number of aliphatic hydroxyl groups is 1. The number of benzene rings is 8. The maximum atomic E-state index is 11.4. The molecular formula is C54H47Br2ClO4. The van der Waals surface area contributed by atoms with E-state index in [-0.39, 0.29) is 0 Å². The fourth-order valence-electron chi connectivity index (χ4n) is 7.06. The smallest absolute Gasteiger partial charge is 0.144 e. The highest BCUT2D eigenvalue weighted by Gasteiger charge is 2.38. The summed E-state index contributed by atoms with van der Waals surface area (Å²) in [5.74, 6) is 2.14. The summed E-state index contributed by atoms with van der Waals surface area (Å²) in [5, 5.41) is 11.4. The van der Waals surface area contributed by atoms with Gasteiger partial charge in [-0.1, -0.05) is 214 Å². The molecule has 4 nitrogen and oxygen atoms in total. The topological polar surface area (TPSA) is 47.9 Å². The molecule has 0 bridgehead atoms. The molecule has 0 unspecified atom stereocenters. The van der Waals surface area contributed by atoms with Crippen LogP contribution < -0.4 is 9.47 Å². The normalized spacial score (nSPS) is 11.0. The van der Waals surface area contributed by atoms with Crippen LogP contribution in [0.15, 0.2) is 227 Å². The van der Waals surface area contributed by atoms with Gasteiger partial charge in [0.1, 0.15) is 22.7 Å². The molecule has 0 aromatic heterocycles. The van der Waals surface area contributed by atoms with Gasteiger partial charge in [0.05, 0.1) is 20.8 Å². The zero-order valence-corrected chi connectivity index (χ0v) is 37.9. The van der Waals surface area contributed by atoms with E-state index in [4.69, 9.17) is 25.8 Å². The van der Waals surface area contributed by atoms with E-state index in [9.17, 15) is 5.11 Å². The summed E-state index contributed by atoms with van der Waals surface area (Å²) in [6.07, 6.45) is 0. The van der Waals surface area contributed by atoms with E-state index < -0.39 is 11.2 Å². The van der Waals surface area contributed by atoms with Crippen LogP contribution in [0.5, 0.6) is 11.5 Å². The molecule has 0 spiro atoms. The van der Waals surface area contributed by atoms with E-state index >= 15 is 0 Å². The summed E-state index contributed by atoms with van der Waals surface area (Å²) < 4.78 is 19.3. The predicted molar refractivity (Wildman–Crippen MR) is 256 cm³/mol. The average Bonchev–Trinajstić information content (AvgIpc) is 3.34. The molecule has 0 amide bonds. The van der Waals surface area contributed by atoms with E-state index in [2.05, 4.69) is 105 Å². The van der Waals surface area contributed by atoms with Crippen LogP contribution in [-0.4, -0.2) is 19.3 Å². The first kappa shape index (κ1) is 45.1. The molecule has 0 atom stereocenters. The second-order valence-electron chi connectivity index (χ2n) is 13.9. The maximum absolute atomic E-state index is 11.4.